The minimum Gasteiger partial charge on any atom is -0.462 e. The van der Waals surface area contributed by atoms with Crippen LogP contribution in [0.25, 0.3) is 11.1 Å². The van der Waals surface area contributed by atoms with Crippen molar-refractivity contribution in [2.24, 2.45) is 0 Å². The summed E-state index contributed by atoms with van der Waals surface area (Å²) < 4.78 is 10.5. The van der Waals surface area contributed by atoms with E-state index in [1.807, 2.05) is 63.5 Å². The Morgan fingerprint density at radius 1 is 1.00 bits per heavy atom. The Bertz CT molecular complexity index is 1240. The van der Waals surface area contributed by atoms with Crippen molar-refractivity contribution >= 4 is 23.6 Å². The number of carbonyl (C=O) groups is 2. The van der Waals surface area contributed by atoms with Crippen LogP contribution in [0.4, 0.5) is 11.6 Å². The molecule has 39 heavy (non-hydrogen) atoms. The van der Waals surface area contributed by atoms with Crippen LogP contribution in [0.5, 0.6) is 0 Å². The first-order valence-corrected chi connectivity index (χ1v) is 13.6. The number of anilines is 2. The maximum absolute atomic E-state index is 12.1. The Balaban J connectivity index is 1.28. The second kappa shape index (κ2) is 12.7. The summed E-state index contributed by atoms with van der Waals surface area (Å²) in [5.74, 6) is 0.248. The summed E-state index contributed by atoms with van der Waals surface area (Å²) in [5, 5.41) is 3.57. The Kier molecular flexibility index (Phi) is 9.17. The number of esters is 2. The molecule has 0 atom stereocenters. The van der Waals surface area contributed by atoms with Gasteiger partial charge in [0.25, 0.3) is 0 Å². The Labute approximate surface area is 230 Å². The molecule has 2 heterocycles. The summed E-state index contributed by atoms with van der Waals surface area (Å²) in [6.45, 7) is 9.53. The second-order valence-electron chi connectivity index (χ2n) is 10.8. The van der Waals surface area contributed by atoms with Gasteiger partial charge < -0.3 is 19.7 Å². The van der Waals surface area contributed by atoms with Crippen molar-refractivity contribution < 1.29 is 19.1 Å². The predicted octanol–water partition coefficient (Wildman–Crippen LogP) is 5.68. The molecule has 0 unspecified atom stereocenters. The topological polar surface area (TPSA) is 93.7 Å². The number of ether oxygens (including phenoxy) is 2. The van der Waals surface area contributed by atoms with Gasteiger partial charge in [-0.25, -0.2) is 14.8 Å². The molecule has 2 aromatic carbocycles. The molecule has 1 saturated heterocycles. The van der Waals surface area contributed by atoms with E-state index in [4.69, 9.17) is 9.47 Å². The standard InChI is InChI=1S/C31H38N4O4/c1-5-38-29(37)23-10-12-26(13-11-23)34-27-15-17-35(18-16-27)30-32-20-25(21-33-30)24-8-6-7-22(19-24)9-14-28(36)39-31(2,3)4/h6-8,10-13,19-21,27,34H,5,9,14-18H2,1-4H3. The molecule has 0 spiro atoms. The van der Waals surface area contributed by atoms with Crippen LogP contribution in [-0.2, 0) is 20.7 Å². The van der Waals surface area contributed by atoms with Crippen LogP contribution in [0.15, 0.2) is 60.9 Å². The first kappa shape index (κ1) is 28.1. The highest BCUT2D eigenvalue weighted by molar-refractivity contribution is 5.89. The number of rotatable bonds is 9. The lowest BCUT2D eigenvalue weighted by molar-refractivity contribution is -0.154. The van der Waals surface area contributed by atoms with Crippen LogP contribution in [0.2, 0.25) is 0 Å². The summed E-state index contributed by atoms with van der Waals surface area (Å²) in [7, 11) is 0. The van der Waals surface area contributed by atoms with Gasteiger partial charge in [-0.05, 0) is 82.3 Å². The first-order chi connectivity index (χ1) is 18.7. The van der Waals surface area contributed by atoms with Crippen LogP contribution in [-0.4, -0.2) is 53.2 Å². The fourth-order valence-electron chi connectivity index (χ4n) is 4.56. The van der Waals surface area contributed by atoms with Crippen LogP contribution in [0.3, 0.4) is 0 Å². The van der Waals surface area contributed by atoms with Crippen molar-refractivity contribution in [1.82, 2.24) is 9.97 Å². The molecule has 206 valence electrons. The molecular formula is C31H38N4O4. The molecule has 0 radical (unpaired) electrons. The number of carbonyl (C=O) groups excluding carboxylic acids is 2. The SMILES string of the molecule is CCOC(=O)c1ccc(NC2CCN(c3ncc(-c4cccc(CCC(=O)OC(C)(C)C)c4)cn3)CC2)cc1. The molecule has 1 aromatic heterocycles. The molecule has 0 aliphatic carbocycles. The van der Waals surface area contributed by atoms with Gasteiger partial charge in [0.15, 0.2) is 0 Å². The van der Waals surface area contributed by atoms with Crippen LogP contribution in [0.1, 0.15) is 62.9 Å². The number of aromatic nitrogens is 2. The summed E-state index contributed by atoms with van der Waals surface area (Å²) in [6, 6.07) is 15.9. The lowest BCUT2D eigenvalue weighted by Gasteiger charge is -2.32. The maximum Gasteiger partial charge on any atom is 0.338 e. The van der Waals surface area contributed by atoms with E-state index in [0.29, 0.717) is 31.1 Å². The number of aryl methyl sites for hydroxylation is 1. The molecule has 8 heteroatoms. The molecular weight excluding hydrogens is 492 g/mol. The van der Waals surface area contributed by atoms with E-state index >= 15 is 0 Å². The summed E-state index contributed by atoms with van der Waals surface area (Å²) >= 11 is 0. The number of piperidine rings is 1. The number of nitrogens with one attached hydrogen (secondary N) is 1. The van der Waals surface area contributed by atoms with Crippen molar-refractivity contribution in [2.75, 3.05) is 29.9 Å². The summed E-state index contributed by atoms with van der Waals surface area (Å²) in [5.41, 5.74) is 4.14. The van der Waals surface area contributed by atoms with Gasteiger partial charge in [-0.15, -0.1) is 0 Å². The van der Waals surface area contributed by atoms with Crippen LogP contribution < -0.4 is 10.2 Å². The number of nitrogens with zero attached hydrogens (tertiary/aromatic N) is 3. The smallest absolute Gasteiger partial charge is 0.338 e. The third kappa shape index (κ3) is 8.27. The highest BCUT2D eigenvalue weighted by Gasteiger charge is 2.21. The molecule has 8 nitrogen and oxygen atoms in total. The van der Waals surface area contributed by atoms with E-state index in [0.717, 1.165) is 54.3 Å². The largest absolute Gasteiger partial charge is 0.462 e. The van der Waals surface area contributed by atoms with Crippen molar-refractivity contribution in [1.29, 1.82) is 0 Å². The number of hydrogen-bond acceptors (Lipinski definition) is 8. The quantitative estimate of drug-likeness (QED) is 0.354. The van der Waals surface area contributed by atoms with E-state index in [-0.39, 0.29) is 11.9 Å². The molecule has 0 saturated carbocycles. The van der Waals surface area contributed by atoms with E-state index in [1.165, 1.54) is 0 Å². The van der Waals surface area contributed by atoms with E-state index in [1.54, 1.807) is 19.1 Å². The van der Waals surface area contributed by atoms with Gasteiger partial charge >= 0.3 is 11.9 Å². The monoisotopic (exact) mass is 530 g/mol. The lowest BCUT2D eigenvalue weighted by atomic mass is 10.0. The average Bonchev–Trinajstić information content (AvgIpc) is 2.92. The third-order valence-corrected chi connectivity index (χ3v) is 6.48. The average molecular weight is 531 g/mol. The Hall–Kier alpha value is -3.94. The van der Waals surface area contributed by atoms with Gasteiger partial charge in [0.2, 0.25) is 5.95 Å². The van der Waals surface area contributed by atoms with E-state index in [9.17, 15) is 9.59 Å². The third-order valence-electron chi connectivity index (χ3n) is 6.48. The van der Waals surface area contributed by atoms with Gasteiger partial charge in [0.1, 0.15) is 5.60 Å². The van der Waals surface area contributed by atoms with Gasteiger partial charge in [-0.3, -0.25) is 4.79 Å². The zero-order chi connectivity index (χ0) is 27.8. The Morgan fingerprint density at radius 2 is 1.69 bits per heavy atom. The minimum atomic E-state index is -0.470. The van der Waals surface area contributed by atoms with Gasteiger partial charge in [-0.2, -0.15) is 0 Å². The van der Waals surface area contributed by atoms with Crippen LogP contribution >= 0.6 is 0 Å². The zero-order valence-electron chi connectivity index (χ0n) is 23.3. The van der Waals surface area contributed by atoms with Crippen molar-refractivity contribution in [3.63, 3.8) is 0 Å². The maximum atomic E-state index is 12.1. The zero-order valence-corrected chi connectivity index (χ0v) is 23.3. The fourth-order valence-corrected chi connectivity index (χ4v) is 4.56. The van der Waals surface area contributed by atoms with Crippen molar-refractivity contribution in [3.8, 4) is 11.1 Å². The molecule has 1 N–H and O–H groups in total. The predicted molar refractivity (Wildman–Crippen MR) is 153 cm³/mol. The van der Waals surface area contributed by atoms with Gasteiger partial charge in [-0.1, -0.05) is 24.3 Å². The number of benzene rings is 2. The normalized spacial score (nSPS) is 14.1. The molecule has 0 bridgehead atoms. The van der Waals surface area contributed by atoms with E-state index < -0.39 is 5.60 Å². The molecule has 0 amide bonds. The lowest BCUT2D eigenvalue weighted by Crippen LogP contribution is -2.39. The highest BCUT2D eigenvalue weighted by Crippen LogP contribution is 2.24. The molecule has 1 aliphatic heterocycles. The van der Waals surface area contributed by atoms with Crippen molar-refractivity contribution in [2.45, 2.75) is 65.0 Å². The Morgan fingerprint density at radius 3 is 2.33 bits per heavy atom. The summed E-state index contributed by atoms with van der Waals surface area (Å²) in [4.78, 5) is 35.4. The van der Waals surface area contributed by atoms with Gasteiger partial charge in [0.05, 0.1) is 12.2 Å². The summed E-state index contributed by atoms with van der Waals surface area (Å²) in [6.07, 6.45) is 6.63. The van der Waals surface area contributed by atoms with Gasteiger partial charge in [0, 0.05) is 49.2 Å². The number of hydrogen-bond donors (Lipinski definition) is 1. The van der Waals surface area contributed by atoms with Crippen LogP contribution in [0, 0.1) is 0 Å². The van der Waals surface area contributed by atoms with E-state index in [2.05, 4.69) is 26.3 Å². The molecule has 1 aliphatic rings. The first-order valence-electron chi connectivity index (χ1n) is 13.6. The minimum absolute atomic E-state index is 0.188. The highest BCUT2D eigenvalue weighted by atomic mass is 16.6. The molecule has 1 fully saturated rings. The molecule has 3 aromatic rings. The molecule has 4 rings (SSSR count). The fraction of sp³-hybridized carbons (Fsp3) is 0.419. The second-order valence-corrected chi connectivity index (χ2v) is 10.8. The van der Waals surface area contributed by atoms with Crippen molar-refractivity contribution in [3.05, 3.63) is 72.1 Å².